The first kappa shape index (κ1) is 16.0. The fourth-order valence-electron chi connectivity index (χ4n) is 2.47. The minimum absolute atomic E-state index is 0.206. The molecule has 2 heterocycles. The Morgan fingerprint density at radius 3 is 2.96 bits per heavy atom. The molecule has 1 aromatic carbocycles. The van der Waals surface area contributed by atoms with Crippen LogP contribution in [0.3, 0.4) is 0 Å². The van der Waals surface area contributed by atoms with Gasteiger partial charge in [-0.15, -0.1) is 0 Å². The lowest BCUT2D eigenvalue weighted by atomic mass is 9.94. The van der Waals surface area contributed by atoms with Crippen LogP contribution in [-0.4, -0.2) is 46.2 Å². The highest BCUT2D eigenvalue weighted by Crippen LogP contribution is 2.19. The van der Waals surface area contributed by atoms with Gasteiger partial charge in [-0.3, -0.25) is 4.79 Å². The van der Waals surface area contributed by atoms with Crippen molar-refractivity contribution in [3.05, 3.63) is 47.2 Å². The third-order valence-corrected chi connectivity index (χ3v) is 4.15. The van der Waals surface area contributed by atoms with E-state index in [0.717, 1.165) is 5.69 Å². The molecule has 7 heteroatoms. The molecule has 2 aromatic rings. The summed E-state index contributed by atoms with van der Waals surface area (Å²) in [5, 5.41) is 17.9. The Hall–Kier alpha value is -1.89. The second kappa shape index (κ2) is 6.70. The van der Waals surface area contributed by atoms with Gasteiger partial charge in [0.1, 0.15) is 0 Å². The van der Waals surface area contributed by atoms with Crippen LogP contribution >= 0.6 is 11.6 Å². The quantitative estimate of drug-likeness (QED) is 0.893. The average molecular weight is 336 g/mol. The van der Waals surface area contributed by atoms with Crippen molar-refractivity contribution in [1.82, 2.24) is 15.1 Å². The summed E-state index contributed by atoms with van der Waals surface area (Å²) in [7, 11) is 0. The molecule has 0 aliphatic carbocycles. The number of carbonyl (C=O) groups is 1. The summed E-state index contributed by atoms with van der Waals surface area (Å²) in [6.07, 6.45) is 4.17. The zero-order valence-electron chi connectivity index (χ0n) is 12.5. The lowest BCUT2D eigenvalue weighted by Gasteiger charge is -2.31. The van der Waals surface area contributed by atoms with Gasteiger partial charge in [-0.25, -0.2) is 4.68 Å². The number of aromatic nitrogens is 2. The number of nitrogens with one attached hydrogen (secondary N) is 1. The fraction of sp³-hybridized carbons (Fsp3) is 0.375. The van der Waals surface area contributed by atoms with E-state index < -0.39 is 5.60 Å². The molecule has 23 heavy (non-hydrogen) atoms. The molecule has 0 spiro atoms. The van der Waals surface area contributed by atoms with Gasteiger partial charge < -0.3 is 15.2 Å². The van der Waals surface area contributed by atoms with E-state index in [0.29, 0.717) is 36.6 Å². The van der Waals surface area contributed by atoms with Gasteiger partial charge in [0.05, 0.1) is 23.0 Å². The summed E-state index contributed by atoms with van der Waals surface area (Å²) >= 11 is 5.96. The molecule has 0 bridgehead atoms. The number of benzene rings is 1. The normalized spacial score (nSPS) is 17.0. The second-order valence-corrected chi connectivity index (χ2v) is 6.11. The lowest BCUT2D eigenvalue weighted by molar-refractivity contribution is -0.0605. The van der Waals surface area contributed by atoms with Gasteiger partial charge in [0.15, 0.2) is 0 Å². The summed E-state index contributed by atoms with van der Waals surface area (Å²) in [5.41, 5.74) is 0.317. The first-order valence-corrected chi connectivity index (χ1v) is 7.82. The van der Waals surface area contributed by atoms with E-state index in [9.17, 15) is 9.90 Å². The number of rotatable bonds is 4. The molecule has 0 saturated carbocycles. The molecule has 0 unspecified atom stereocenters. The van der Waals surface area contributed by atoms with E-state index >= 15 is 0 Å². The molecular formula is C16H18ClN3O3. The maximum Gasteiger partial charge on any atom is 0.254 e. The van der Waals surface area contributed by atoms with E-state index in [1.807, 2.05) is 12.1 Å². The zero-order valence-corrected chi connectivity index (χ0v) is 13.3. The summed E-state index contributed by atoms with van der Waals surface area (Å²) in [6.45, 7) is 1.23. The summed E-state index contributed by atoms with van der Waals surface area (Å²) in [6, 6.07) is 7.21. The predicted octanol–water partition coefficient (Wildman–Crippen LogP) is 1.80. The van der Waals surface area contributed by atoms with E-state index in [4.69, 9.17) is 16.3 Å². The van der Waals surface area contributed by atoms with E-state index in [1.165, 1.54) is 6.20 Å². The third-order valence-electron chi connectivity index (χ3n) is 3.92. The van der Waals surface area contributed by atoms with Crippen molar-refractivity contribution < 1.29 is 14.6 Å². The van der Waals surface area contributed by atoms with Gasteiger partial charge in [-0.1, -0.05) is 17.7 Å². The summed E-state index contributed by atoms with van der Waals surface area (Å²) < 4.78 is 6.81. The SMILES string of the molecule is O=C(NCC1(O)CCOCC1)c1cnn(-c2cccc(Cl)c2)c1. The van der Waals surface area contributed by atoms with Crippen LogP contribution in [0.4, 0.5) is 0 Å². The van der Waals surface area contributed by atoms with Gasteiger partial charge in [0.25, 0.3) is 5.91 Å². The topological polar surface area (TPSA) is 76.4 Å². The minimum atomic E-state index is -0.892. The largest absolute Gasteiger partial charge is 0.388 e. The van der Waals surface area contributed by atoms with Gasteiger partial charge in [0.2, 0.25) is 0 Å². The van der Waals surface area contributed by atoms with Crippen LogP contribution in [-0.2, 0) is 4.74 Å². The molecule has 122 valence electrons. The summed E-state index contributed by atoms with van der Waals surface area (Å²) in [4.78, 5) is 12.2. The van der Waals surface area contributed by atoms with Crippen molar-refractivity contribution >= 4 is 17.5 Å². The molecule has 1 aliphatic heterocycles. The number of hydrogen-bond acceptors (Lipinski definition) is 4. The van der Waals surface area contributed by atoms with E-state index in [1.54, 1.807) is 23.0 Å². The number of amides is 1. The zero-order chi connectivity index (χ0) is 16.3. The number of nitrogens with zero attached hydrogens (tertiary/aromatic N) is 2. The first-order valence-electron chi connectivity index (χ1n) is 7.45. The van der Waals surface area contributed by atoms with Crippen molar-refractivity contribution in [2.24, 2.45) is 0 Å². The molecule has 2 N–H and O–H groups in total. The van der Waals surface area contributed by atoms with Gasteiger partial charge in [-0.2, -0.15) is 5.10 Å². The Morgan fingerprint density at radius 2 is 2.22 bits per heavy atom. The standard InChI is InChI=1S/C16H18ClN3O3/c17-13-2-1-3-14(8-13)20-10-12(9-19-20)15(21)18-11-16(22)4-6-23-7-5-16/h1-3,8-10,22H,4-7,11H2,(H,18,21). The van der Waals surface area contributed by atoms with Crippen molar-refractivity contribution in [1.29, 1.82) is 0 Å². The molecular weight excluding hydrogens is 318 g/mol. The van der Waals surface area contributed by atoms with Crippen molar-refractivity contribution in [3.63, 3.8) is 0 Å². The monoisotopic (exact) mass is 335 g/mol. The molecule has 1 aromatic heterocycles. The smallest absolute Gasteiger partial charge is 0.254 e. The van der Waals surface area contributed by atoms with Crippen LogP contribution < -0.4 is 5.32 Å². The Balaban J connectivity index is 1.64. The Bertz CT molecular complexity index is 695. The van der Waals surface area contributed by atoms with E-state index in [-0.39, 0.29) is 12.5 Å². The Morgan fingerprint density at radius 1 is 1.43 bits per heavy atom. The molecule has 1 aliphatic rings. The van der Waals surface area contributed by atoms with Crippen LogP contribution in [0.1, 0.15) is 23.2 Å². The number of hydrogen-bond donors (Lipinski definition) is 2. The van der Waals surface area contributed by atoms with Crippen molar-refractivity contribution in [2.75, 3.05) is 19.8 Å². The Labute approximate surface area is 139 Å². The van der Waals surface area contributed by atoms with E-state index in [2.05, 4.69) is 10.4 Å². The van der Waals surface area contributed by atoms with Gasteiger partial charge in [-0.05, 0) is 18.2 Å². The summed E-state index contributed by atoms with van der Waals surface area (Å²) in [5.74, 6) is -0.266. The molecule has 1 fully saturated rings. The predicted molar refractivity (Wildman–Crippen MR) is 85.9 cm³/mol. The first-order chi connectivity index (χ1) is 11.1. The maximum atomic E-state index is 12.2. The van der Waals surface area contributed by atoms with Crippen LogP contribution in [0.2, 0.25) is 5.02 Å². The lowest BCUT2D eigenvalue weighted by Crippen LogP contribution is -2.46. The average Bonchev–Trinajstić information content (AvgIpc) is 3.03. The van der Waals surface area contributed by atoms with Crippen LogP contribution in [0.25, 0.3) is 5.69 Å². The maximum absolute atomic E-state index is 12.2. The molecule has 0 radical (unpaired) electrons. The van der Waals surface area contributed by atoms with Crippen molar-refractivity contribution in [3.8, 4) is 5.69 Å². The highest BCUT2D eigenvalue weighted by molar-refractivity contribution is 6.30. The number of aliphatic hydroxyl groups is 1. The third kappa shape index (κ3) is 3.90. The molecule has 1 amide bonds. The van der Waals surface area contributed by atoms with Crippen LogP contribution in [0, 0.1) is 0 Å². The highest BCUT2D eigenvalue weighted by atomic mass is 35.5. The number of ether oxygens (including phenoxy) is 1. The Kier molecular flexibility index (Phi) is 4.66. The number of carbonyl (C=O) groups excluding carboxylic acids is 1. The highest BCUT2D eigenvalue weighted by Gasteiger charge is 2.30. The van der Waals surface area contributed by atoms with Gasteiger partial charge >= 0.3 is 0 Å². The molecule has 1 saturated heterocycles. The molecule has 3 rings (SSSR count). The van der Waals surface area contributed by atoms with Crippen LogP contribution in [0.15, 0.2) is 36.7 Å². The number of halogens is 1. The second-order valence-electron chi connectivity index (χ2n) is 5.67. The van der Waals surface area contributed by atoms with Crippen LogP contribution in [0.5, 0.6) is 0 Å². The van der Waals surface area contributed by atoms with Gasteiger partial charge in [0, 0.05) is 43.8 Å². The minimum Gasteiger partial charge on any atom is -0.388 e. The molecule has 0 atom stereocenters. The fourth-order valence-corrected chi connectivity index (χ4v) is 2.66. The molecule has 6 nitrogen and oxygen atoms in total. The van der Waals surface area contributed by atoms with Crippen molar-refractivity contribution in [2.45, 2.75) is 18.4 Å².